The van der Waals surface area contributed by atoms with Gasteiger partial charge in [-0.25, -0.2) is 0 Å². The predicted molar refractivity (Wildman–Crippen MR) is 90.0 cm³/mol. The Morgan fingerprint density at radius 1 is 1.24 bits per heavy atom. The second-order valence-corrected chi connectivity index (χ2v) is 6.92. The summed E-state index contributed by atoms with van der Waals surface area (Å²) in [6.07, 6.45) is 2.77. The molecule has 0 amide bonds. The summed E-state index contributed by atoms with van der Waals surface area (Å²) in [5.74, 6) is 0. The third-order valence-corrected chi connectivity index (χ3v) is 4.98. The lowest BCUT2D eigenvalue weighted by Crippen LogP contribution is -2.50. The molecule has 3 rings (SSSR count). The van der Waals surface area contributed by atoms with Crippen LogP contribution in [0.15, 0.2) is 18.2 Å². The Kier molecular flexibility index (Phi) is 4.51. The molecule has 2 fully saturated rings. The zero-order valence-electron chi connectivity index (χ0n) is 13.7. The van der Waals surface area contributed by atoms with Crippen LogP contribution in [-0.2, 0) is 6.54 Å². The standard InChI is InChI=1S/C18H29N3/c1-14(2)19-12-16-6-7-17(11-15(16)3)21-10-9-20-8-4-5-18(20)13-21/h6-7,11,14,18-19H,4-5,8-10,12-13H2,1-3H3. The van der Waals surface area contributed by atoms with E-state index in [1.54, 1.807) is 0 Å². The molecular formula is C18H29N3. The number of piperazine rings is 1. The van der Waals surface area contributed by atoms with Crippen molar-refractivity contribution in [2.75, 3.05) is 31.1 Å². The van der Waals surface area contributed by atoms with Crippen molar-refractivity contribution in [3.05, 3.63) is 29.3 Å². The predicted octanol–water partition coefficient (Wildman–Crippen LogP) is 2.78. The van der Waals surface area contributed by atoms with E-state index >= 15 is 0 Å². The second kappa shape index (κ2) is 6.37. The lowest BCUT2D eigenvalue weighted by molar-refractivity contribution is 0.231. The van der Waals surface area contributed by atoms with Crippen LogP contribution in [0.1, 0.15) is 37.8 Å². The van der Waals surface area contributed by atoms with Crippen LogP contribution in [0.4, 0.5) is 5.69 Å². The van der Waals surface area contributed by atoms with E-state index in [1.165, 1.54) is 55.8 Å². The van der Waals surface area contributed by atoms with Gasteiger partial charge < -0.3 is 10.2 Å². The van der Waals surface area contributed by atoms with Crippen LogP contribution in [0.25, 0.3) is 0 Å². The number of rotatable bonds is 4. The van der Waals surface area contributed by atoms with Crippen LogP contribution < -0.4 is 10.2 Å². The van der Waals surface area contributed by atoms with Gasteiger partial charge in [0.1, 0.15) is 0 Å². The quantitative estimate of drug-likeness (QED) is 0.918. The van der Waals surface area contributed by atoms with Crippen molar-refractivity contribution in [1.82, 2.24) is 10.2 Å². The number of anilines is 1. The number of hydrogen-bond donors (Lipinski definition) is 1. The molecule has 0 radical (unpaired) electrons. The number of nitrogens with one attached hydrogen (secondary N) is 1. The molecule has 1 aromatic rings. The third kappa shape index (κ3) is 3.41. The van der Waals surface area contributed by atoms with Crippen molar-refractivity contribution < 1.29 is 0 Å². The largest absolute Gasteiger partial charge is 0.369 e. The van der Waals surface area contributed by atoms with E-state index in [0.29, 0.717) is 6.04 Å². The minimum absolute atomic E-state index is 0.541. The number of benzene rings is 1. The number of aryl methyl sites for hydroxylation is 1. The highest BCUT2D eigenvalue weighted by Crippen LogP contribution is 2.26. The van der Waals surface area contributed by atoms with Gasteiger partial charge in [-0.3, -0.25) is 4.90 Å². The highest BCUT2D eigenvalue weighted by Gasteiger charge is 2.30. The van der Waals surface area contributed by atoms with E-state index in [9.17, 15) is 0 Å². The van der Waals surface area contributed by atoms with Crippen molar-refractivity contribution in [1.29, 1.82) is 0 Å². The Balaban J connectivity index is 1.67. The minimum atomic E-state index is 0.541. The molecule has 3 heteroatoms. The molecule has 1 unspecified atom stereocenters. The van der Waals surface area contributed by atoms with E-state index in [4.69, 9.17) is 0 Å². The Bertz CT molecular complexity index is 483. The molecule has 0 spiro atoms. The molecule has 0 saturated carbocycles. The van der Waals surface area contributed by atoms with Gasteiger partial charge in [-0.15, -0.1) is 0 Å². The van der Waals surface area contributed by atoms with Crippen molar-refractivity contribution in [2.24, 2.45) is 0 Å². The van der Waals surface area contributed by atoms with Crippen LogP contribution in [0.2, 0.25) is 0 Å². The fourth-order valence-electron chi connectivity index (χ4n) is 3.61. The Morgan fingerprint density at radius 2 is 2.10 bits per heavy atom. The minimum Gasteiger partial charge on any atom is -0.369 e. The molecule has 2 saturated heterocycles. The Labute approximate surface area is 129 Å². The Morgan fingerprint density at radius 3 is 2.86 bits per heavy atom. The summed E-state index contributed by atoms with van der Waals surface area (Å²) in [5.41, 5.74) is 4.24. The zero-order valence-corrected chi connectivity index (χ0v) is 13.7. The Hall–Kier alpha value is -1.06. The van der Waals surface area contributed by atoms with E-state index in [1.807, 2.05) is 0 Å². The van der Waals surface area contributed by atoms with Crippen LogP contribution in [0.3, 0.4) is 0 Å². The molecule has 1 aromatic carbocycles. The molecule has 2 aliphatic heterocycles. The summed E-state index contributed by atoms with van der Waals surface area (Å²) in [4.78, 5) is 5.25. The SMILES string of the molecule is Cc1cc(N2CCN3CCCC3C2)ccc1CNC(C)C. The highest BCUT2D eigenvalue weighted by atomic mass is 15.3. The van der Waals surface area contributed by atoms with Gasteiger partial charge in [-0.05, 0) is 49.6 Å². The first-order valence-electron chi connectivity index (χ1n) is 8.45. The smallest absolute Gasteiger partial charge is 0.0370 e. The summed E-state index contributed by atoms with van der Waals surface area (Å²) >= 11 is 0. The van der Waals surface area contributed by atoms with Crippen molar-refractivity contribution in [3.8, 4) is 0 Å². The van der Waals surface area contributed by atoms with E-state index in [2.05, 4.69) is 54.1 Å². The summed E-state index contributed by atoms with van der Waals surface area (Å²) in [6, 6.07) is 8.33. The van der Waals surface area contributed by atoms with Gasteiger partial charge in [0.05, 0.1) is 0 Å². The molecular weight excluding hydrogens is 258 g/mol. The first-order chi connectivity index (χ1) is 10.1. The zero-order chi connectivity index (χ0) is 14.8. The molecule has 21 heavy (non-hydrogen) atoms. The lowest BCUT2D eigenvalue weighted by Gasteiger charge is -2.39. The van der Waals surface area contributed by atoms with Gasteiger partial charge >= 0.3 is 0 Å². The molecule has 0 bridgehead atoms. The fraction of sp³-hybridized carbons (Fsp3) is 0.667. The monoisotopic (exact) mass is 287 g/mol. The van der Waals surface area contributed by atoms with Gasteiger partial charge in [-0.2, -0.15) is 0 Å². The average Bonchev–Trinajstić information content (AvgIpc) is 2.93. The van der Waals surface area contributed by atoms with E-state index < -0.39 is 0 Å². The second-order valence-electron chi connectivity index (χ2n) is 6.92. The topological polar surface area (TPSA) is 18.5 Å². The maximum Gasteiger partial charge on any atom is 0.0370 e. The van der Waals surface area contributed by atoms with Gasteiger partial charge in [0.2, 0.25) is 0 Å². The fourth-order valence-corrected chi connectivity index (χ4v) is 3.61. The number of hydrogen-bond acceptors (Lipinski definition) is 3. The highest BCUT2D eigenvalue weighted by molar-refractivity contribution is 5.51. The number of fused-ring (bicyclic) bond motifs is 1. The summed E-state index contributed by atoms with van der Waals surface area (Å²) in [7, 11) is 0. The van der Waals surface area contributed by atoms with Crippen molar-refractivity contribution in [3.63, 3.8) is 0 Å². The van der Waals surface area contributed by atoms with Crippen LogP contribution in [-0.4, -0.2) is 43.2 Å². The third-order valence-electron chi connectivity index (χ3n) is 4.98. The van der Waals surface area contributed by atoms with Gasteiger partial charge in [0, 0.05) is 44.0 Å². The number of nitrogens with zero attached hydrogens (tertiary/aromatic N) is 2. The molecule has 3 nitrogen and oxygen atoms in total. The molecule has 2 aliphatic rings. The van der Waals surface area contributed by atoms with Gasteiger partial charge in [0.25, 0.3) is 0 Å². The molecule has 116 valence electrons. The average molecular weight is 287 g/mol. The van der Waals surface area contributed by atoms with Crippen molar-refractivity contribution in [2.45, 2.75) is 52.2 Å². The molecule has 1 N–H and O–H groups in total. The lowest BCUT2D eigenvalue weighted by atomic mass is 10.1. The first kappa shape index (κ1) is 14.9. The summed E-state index contributed by atoms with van der Waals surface area (Å²) < 4.78 is 0. The molecule has 1 atom stereocenters. The summed E-state index contributed by atoms with van der Waals surface area (Å²) in [6.45, 7) is 12.6. The van der Waals surface area contributed by atoms with Gasteiger partial charge in [0.15, 0.2) is 0 Å². The maximum atomic E-state index is 3.51. The van der Waals surface area contributed by atoms with Crippen LogP contribution in [0.5, 0.6) is 0 Å². The molecule has 0 aromatic heterocycles. The molecule has 2 heterocycles. The van der Waals surface area contributed by atoms with Gasteiger partial charge in [-0.1, -0.05) is 19.9 Å². The normalized spacial score (nSPS) is 22.9. The van der Waals surface area contributed by atoms with Crippen LogP contribution >= 0.6 is 0 Å². The van der Waals surface area contributed by atoms with E-state index in [0.717, 1.165) is 12.6 Å². The van der Waals surface area contributed by atoms with Crippen LogP contribution in [0, 0.1) is 6.92 Å². The van der Waals surface area contributed by atoms with Crippen molar-refractivity contribution >= 4 is 5.69 Å². The summed E-state index contributed by atoms with van der Waals surface area (Å²) in [5, 5.41) is 3.51. The molecule has 0 aliphatic carbocycles. The van der Waals surface area contributed by atoms with E-state index in [-0.39, 0.29) is 0 Å². The maximum absolute atomic E-state index is 3.51. The first-order valence-corrected chi connectivity index (χ1v) is 8.45.